The van der Waals surface area contributed by atoms with Crippen molar-refractivity contribution in [1.82, 2.24) is 0 Å². The zero-order valence-corrected chi connectivity index (χ0v) is 14.4. The molecule has 112 valence electrons. The summed E-state index contributed by atoms with van der Waals surface area (Å²) in [6.45, 7) is 6.51. The monoisotopic (exact) mass is 276 g/mol. The van der Waals surface area contributed by atoms with Gasteiger partial charge in [-0.15, -0.1) is 0 Å². The molecule has 0 aromatic carbocycles. The van der Waals surface area contributed by atoms with Crippen LogP contribution in [0.15, 0.2) is 0 Å². The summed E-state index contributed by atoms with van der Waals surface area (Å²) in [5, 5.41) is 0. The molecule has 0 aromatic rings. The molecule has 1 unspecified atom stereocenters. The minimum atomic E-state index is 0. The zero-order chi connectivity index (χ0) is 12.6. The van der Waals surface area contributed by atoms with Crippen LogP contribution < -0.4 is 0 Å². The summed E-state index contributed by atoms with van der Waals surface area (Å²) in [4.78, 5) is 0. The minimum Gasteiger partial charge on any atom is -0.381 e. The number of rotatable bonds is 14. The molecule has 1 atom stereocenters. The van der Waals surface area contributed by atoms with Crippen LogP contribution in [-0.4, -0.2) is 13.2 Å². The molecule has 0 heterocycles. The van der Waals surface area contributed by atoms with E-state index in [1.54, 1.807) is 0 Å². The Morgan fingerprint density at radius 1 is 0.500 bits per heavy atom. The maximum atomic E-state index is 5.65. The highest BCUT2D eigenvalue weighted by Crippen LogP contribution is 2.06. The van der Waals surface area contributed by atoms with Gasteiger partial charge in [0.2, 0.25) is 0 Å². The first kappa shape index (κ1) is 20.7. The largest absolute Gasteiger partial charge is 0.381 e. The molecule has 0 bridgehead atoms. The summed E-state index contributed by atoms with van der Waals surface area (Å²) in [5.74, 6) is 0. The molecule has 0 saturated carbocycles. The lowest BCUT2D eigenvalue weighted by molar-refractivity contribution is 0.125. The first-order valence-corrected chi connectivity index (χ1v) is 7.99. The van der Waals surface area contributed by atoms with E-state index in [2.05, 4.69) is 13.8 Å². The van der Waals surface area contributed by atoms with E-state index in [-0.39, 0.29) is 9.90 Å². The molecule has 0 rings (SSSR count). The van der Waals surface area contributed by atoms with Gasteiger partial charge in [-0.1, -0.05) is 78.1 Å². The average Bonchev–Trinajstić information content (AvgIpc) is 2.35. The van der Waals surface area contributed by atoms with Gasteiger partial charge in [0.15, 0.2) is 0 Å². The molecule has 0 spiro atoms. The lowest BCUT2D eigenvalue weighted by Crippen LogP contribution is -1.97. The number of hydrogen-bond acceptors (Lipinski definition) is 1. The quantitative estimate of drug-likeness (QED) is 0.288. The van der Waals surface area contributed by atoms with Gasteiger partial charge < -0.3 is 4.74 Å². The topological polar surface area (TPSA) is 9.23 Å². The highest BCUT2D eigenvalue weighted by molar-refractivity contribution is 6.92. The van der Waals surface area contributed by atoms with Crippen LogP contribution in [-0.2, 0) is 4.74 Å². The lowest BCUT2D eigenvalue weighted by atomic mass is 10.1. The van der Waals surface area contributed by atoms with E-state index >= 15 is 0 Å². The fraction of sp³-hybridized carbons (Fsp3) is 1.00. The minimum absolute atomic E-state index is 0. The summed E-state index contributed by atoms with van der Waals surface area (Å²) in [7, 11) is 0. The second-order valence-electron chi connectivity index (χ2n) is 5.15. The maximum Gasteiger partial charge on any atom is 0.0466 e. The van der Waals surface area contributed by atoms with Crippen molar-refractivity contribution in [3.8, 4) is 0 Å². The van der Waals surface area contributed by atoms with Gasteiger partial charge in [-0.2, -0.15) is 9.90 Å². The van der Waals surface area contributed by atoms with E-state index in [4.69, 9.17) is 4.74 Å². The van der Waals surface area contributed by atoms with Crippen molar-refractivity contribution < 1.29 is 4.74 Å². The summed E-state index contributed by atoms with van der Waals surface area (Å²) in [5.41, 5.74) is 0. The van der Waals surface area contributed by atoms with Crippen molar-refractivity contribution in [3.63, 3.8) is 0 Å². The van der Waals surface area contributed by atoms with Crippen molar-refractivity contribution in [2.75, 3.05) is 13.2 Å². The van der Waals surface area contributed by atoms with Crippen molar-refractivity contribution in [3.05, 3.63) is 0 Å². The van der Waals surface area contributed by atoms with Crippen LogP contribution >= 0.6 is 9.90 Å². The molecule has 0 fully saturated rings. The van der Waals surface area contributed by atoms with Gasteiger partial charge in [0.05, 0.1) is 0 Å². The van der Waals surface area contributed by atoms with E-state index in [9.17, 15) is 0 Å². The van der Waals surface area contributed by atoms with Gasteiger partial charge in [-0.05, 0) is 12.8 Å². The number of unbranched alkanes of at least 4 members (excludes halogenated alkanes) is 10. The van der Waals surface area contributed by atoms with Crippen molar-refractivity contribution in [1.29, 1.82) is 0 Å². The Morgan fingerprint density at radius 2 is 0.833 bits per heavy atom. The Morgan fingerprint density at radius 3 is 1.22 bits per heavy atom. The summed E-state index contributed by atoms with van der Waals surface area (Å²) in [6, 6.07) is 0. The molecule has 0 N–H and O–H groups in total. The zero-order valence-electron chi connectivity index (χ0n) is 13.0. The second kappa shape index (κ2) is 19.7. The molecule has 0 radical (unpaired) electrons. The Kier molecular flexibility index (Phi) is 22.7. The molecule has 0 amide bonds. The van der Waals surface area contributed by atoms with E-state index in [1.165, 1.54) is 77.0 Å². The number of ether oxygens (including phenoxy) is 1. The molecule has 2 heteroatoms. The predicted molar refractivity (Wildman–Crippen MR) is 88.7 cm³/mol. The van der Waals surface area contributed by atoms with E-state index in [0.717, 1.165) is 13.2 Å². The van der Waals surface area contributed by atoms with Crippen LogP contribution in [0.2, 0.25) is 0 Å². The molecule has 18 heavy (non-hydrogen) atoms. The fourth-order valence-corrected chi connectivity index (χ4v) is 2.07. The molecular formula is C16H37OP. The smallest absolute Gasteiger partial charge is 0.0466 e. The molecule has 1 nitrogen and oxygen atoms in total. The SMILES string of the molecule is CCCCCCCCOCCCCCCCC.P. The third kappa shape index (κ3) is 18.7. The summed E-state index contributed by atoms with van der Waals surface area (Å²) in [6.07, 6.45) is 16.3. The maximum absolute atomic E-state index is 5.65. The highest BCUT2D eigenvalue weighted by Gasteiger charge is 1.92. The van der Waals surface area contributed by atoms with Crippen molar-refractivity contribution in [2.45, 2.75) is 90.9 Å². The first-order chi connectivity index (χ1) is 8.41. The van der Waals surface area contributed by atoms with Gasteiger partial charge in [-0.3, -0.25) is 0 Å². The van der Waals surface area contributed by atoms with Gasteiger partial charge in [0, 0.05) is 13.2 Å². The third-order valence-corrected chi connectivity index (χ3v) is 3.28. The average molecular weight is 276 g/mol. The molecule has 0 aliphatic heterocycles. The van der Waals surface area contributed by atoms with Crippen molar-refractivity contribution in [2.24, 2.45) is 0 Å². The normalized spacial score (nSPS) is 10.3. The second-order valence-corrected chi connectivity index (χ2v) is 5.15. The molecule has 0 aliphatic carbocycles. The molecule has 0 aromatic heterocycles. The van der Waals surface area contributed by atoms with E-state index in [0.29, 0.717) is 0 Å². The van der Waals surface area contributed by atoms with Crippen LogP contribution in [0.25, 0.3) is 0 Å². The fourth-order valence-electron chi connectivity index (χ4n) is 2.07. The van der Waals surface area contributed by atoms with Crippen LogP contribution in [0.5, 0.6) is 0 Å². The summed E-state index contributed by atoms with van der Waals surface area (Å²) >= 11 is 0. The van der Waals surface area contributed by atoms with Gasteiger partial charge >= 0.3 is 0 Å². The van der Waals surface area contributed by atoms with Crippen LogP contribution in [0.4, 0.5) is 0 Å². The third-order valence-electron chi connectivity index (χ3n) is 3.28. The molecule has 0 aliphatic rings. The number of hydrogen-bond donors (Lipinski definition) is 0. The van der Waals surface area contributed by atoms with Crippen molar-refractivity contribution >= 4 is 9.90 Å². The Bertz CT molecular complexity index is 114. The van der Waals surface area contributed by atoms with Gasteiger partial charge in [-0.25, -0.2) is 0 Å². The van der Waals surface area contributed by atoms with Crippen LogP contribution in [0.3, 0.4) is 0 Å². The van der Waals surface area contributed by atoms with Gasteiger partial charge in [0.1, 0.15) is 0 Å². The predicted octanol–water partition coefficient (Wildman–Crippen LogP) is 5.78. The van der Waals surface area contributed by atoms with E-state index < -0.39 is 0 Å². The van der Waals surface area contributed by atoms with Gasteiger partial charge in [0.25, 0.3) is 0 Å². The van der Waals surface area contributed by atoms with Crippen LogP contribution in [0.1, 0.15) is 90.9 Å². The Balaban J connectivity index is 0. The van der Waals surface area contributed by atoms with Crippen LogP contribution in [0, 0.1) is 0 Å². The molecule has 0 saturated heterocycles. The van der Waals surface area contributed by atoms with E-state index in [1.807, 2.05) is 0 Å². The highest BCUT2D eigenvalue weighted by atomic mass is 31.0. The first-order valence-electron chi connectivity index (χ1n) is 7.99. The summed E-state index contributed by atoms with van der Waals surface area (Å²) < 4.78 is 5.65. The Labute approximate surface area is 119 Å². The Hall–Kier alpha value is 0.390. The lowest BCUT2D eigenvalue weighted by Gasteiger charge is -2.04. The molecular weight excluding hydrogens is 239 g/mol. The standard InChI is InChI=1S/C16H34O.H3P/c1-3-5-7-9-11-13-15-17-16-14-12-10-8-6-4-2;/h3-16H2,1-2H3;1H3.